The first kappa shape index (κ1) is 26.8. The molecule has 0 spiro atoms. The van der Waals surface area contributed by atoms with Gasteiger partial charge in [0.15, 0.2) is 0 Å². The highest BCUT2D eigenvalue weighted by molar-refractivity contribution is 5.89. The maximum Gasteiger partial charge on any atom is 0.247 e. The van der Waals surface area contributed by atoms with Crippen molar-refractivity contribution in [2.45, 2.75) is 51.9 Å². The van der Waals surface area contributed by atoms with Crippen LogP contribution >= 0.6 is 0 Å². The molecule has 9 heteroatoms. The van der Waals surface area contributed by atoms with Gasteiger partial charge in [0.25, 0.3) is 0 Å². The van der Waals surface area contributed by atoms with E-state index in [0.29, 0.717) is 28.8 Å². The summed E-state index contributed by atoms with van der Waals surface area (Å²) in [5.41, 5.74) is 1.53. The van der Waals surface area contributed by atoms with Crippen LogP contribution in [0.3, 0.4) is 0 Å². The molecular weight excluding hydrogens is 485 g/mol. The third kappa shape index (κ3) is 5.82. The number of halogens is 1. The second kappa shape index (κ2) is 11.4. The normalized spacial score (nSPS) is 12.2. The quantitative estimate of drug-likeness (QED) is 0.331. The Kier molecular flexibility index (Phi) is 8.05. The molecule has 0 aliphatic rings. The van der Waals surface area contributed by atoms with Crippen LogP contribution in [0.5, 0.6) is 5.75 Å². The molecule has 0 unspecified atom stereocenters. The van der Waals surface area contributed by atoms with E-state index in [2.05, 4.69) is 15.6 Å². The number of nitrogens with one attached hydrogen (secondary N) is 1. The van der Waals surface area contributed by atoms with E-state index < -0.39 is 29.2 Å². The van der Waals surface area contributed by atoms with Gasteiger partial charge in [-0.3, -0.25) is 9.59 Å². The molecule has 4 aromatic rings. The summed E-state index contributed by atoms with van der Waals surface area (Å²) in [5, 5.41) is 11.3. The van der Waals surface area contributed by atoms with Gasteiger partial charge in [0.05, 0.1) is 19.2 Å². The molecule has 4 rings (SSSR count). The average molecular weight is 518 g/mol. The van der Waals surface area contributed by atoms with Gasteiger partial charge in [-0.25, -0.2) is 9.07 Å². The lowest BCUT2D eigenvalue weighted by Gasteiger charge is -2.35. The number of aromatic nitrogens is 3. The second-order valence-corrected chi connectivity index (χ2v) is 9.72. The maximum absolute atomic E-state index is 15.2. The minimum absolute atomic E-state index is 0.00838. The molecule has 2 amide bonds. The molecule has 0 aliphatic carbocycles. The Labute approximate surface area is 221 Å². The molecule has 0 bridgehead atoms. The van der Waals surface area contributed by atoms with Crippen molar-refractivity contribution in [1.82, 2.24) is 25.2 Å². The molecule has 198 valence electrons. The summed E-state index contributed by atoms with van der Waals surface area (Å²) < 4.78 is 22.2. The maximum atomic E-state index is 15.2. The van der Waals surface area contributed by atoms with Crippen molar-refractivity contribution in [1.29, 1.82) is 0 Å². The van der Waals surface area contributed by atoms with Crippen LogP contribution in [-0.4, -0.2) is 44.4 Å². The van der Waals surface area contributed by atoms with Crippen molar-refractivity contribution in [3.05, 3.63) is 89.7 Å². The number of fused-ring (bicyclic) bond motifs is 1. The number of rotatable bonds is 10. The van der Waals surface area contributed by atoms with Crippen molar-refractivity contribution >= 4 is 22.8 Å². The molecule has 0 fully saturated rings. The molecule has 3 aromatic carbocycles. The van der Waals surface area contributed by atoms with E-state index in [9.17, 15) is 9.59 Å². The fourth-order valence-corrected chi connectivity index (χ4v) is 4.23. The largest absolute Gasteiger partial charge is 0.496 e. The molecule has 0 radical (unpaired) electrons. The first-order valence-corrected chi connectivity index (χ1v) is 12.5. The molecular formula is C29H32FN5O3. The monoisotopic (exact) mass is 517 g/mol. The Morgan fingerprint density at radius 3 is 2.47 bits per heavy atom. The van der Waals surface area contributed by atoms with Crippen molar-refractivity contribution < 1.29 is 18.7 Å². The van der Waals surface area contributed by atoms with Crippen LogP contribution in [0.25, 0.3) is 11.0 Å². The van der Waals surface area contributed by atoms with Crippen LogP contribution in [-0.2, 0) is 22.7 Å². The Hall–Kier alpha value is -4.27. The lowest BCUT2D eigenvalue weighted by molar-refractivity contribution is -0.143. The third-order valence-electron chi connectivity index (χ3n) is 6.66. The molecule has 38 heavy (non-hydrogen) atoms. The molecule has 0 aliphatic heterocycles. The molecule has 1 heterocycles. The highest BCUT2D eigenvalue weighted by atomic mass is 19.1. The van der Waals surface area contributed by atoms with Gasteiger partial charge in [0, 0.05) is 16.7 Å². The van der Waals surface area contributed by atoms with Crippen molar-refractivity contribution in [3.8, 4) is 5.75 Å². The zero-order valence-electron chi connectivity index (χ0n) is 22.0. The molecule has 0 saturated heterocycles. The van der Waals surface area contributed by atoms with Gasteiger partial charge >= 0.3 is 0 Å². The Bertz CT molecular complexity index is 1430. The lowest BCUT2D eigenvalue weighted by atomic mass is 9.98. The third-order valence-corrected chi connectivity index (χ3v) is 6.66. The number of nitrogens with zero attached hydrogens (tertiary/aromatic N) is 4. The van der Waals surface area contributed by atoms with Crippen LogP contribution in [0.4, 0.5) is 4.39 Å². The minimum Gasteiger partial charge on any atom is -0.496 e. The number of hydrogen-bond donors (Lipinski definition) is 1. The van der Waals surface area contributed by atoms with Crippen LogP contribution in [0.2, 0.25) is 0 Å². The van der Waals surface area contributed by atoms with Crippen molar-refractivity contribution in [2.24, 2.45) is 0 Å². The van der Waals surface area contributed by atoms with Gasteiger partial charge in [-0.15, -0.1) is 5.10 Å². The summed E-state index contributed by atoms with van der Waals surface area (Å²) in [6.45, 7) is 5.54. The van der Waals surface area contributed by atoms with Gasteiger partial charge in [-0.1, -0.05) is 60.7 Å². The number of hydrogen-bond acceptors (Lipinski definition) is 5. The number of para-hydroxylation sites is 2. The number of benzene rings is 3. The second-order valence-electron chi connectivity index (χ2n) is 9.72. The summed E-state index contributed by atoms with van der Waals surface area (Å²) in [7, 11) is 1.54. The van der Waals surface area contributed by atoms with Gasteiger partial charge in [0.2, 0.25) is 11.8 Å². The van der Waals surface area contributed by atoms with Crippen LogP contribution in [0.1, 0.15) is 44.4 Å². The number of carbonyl (C=O) groups excluding carboxylic acids is 2. The minimum atomic E-state index is -1.24. The first-order valence-electron chi connectivity index (χ1n) is 12.5. The highest BCUT2D eigenvalue weighted by Gasteiger charge is 2.36. The summed E-state index contributed by atoms with van der Waals surface area (Å²) in [4.78, 5) is 29.2. The van der Waals surface area contributed by atoms with E-state index in [0.717, 1.165) is 0 Å². The number of ether oxygens (including phenoxy) is 1. The Morgan fingerprint density at radius 1 is 1.05 bits per heavy atom. The van der Waals surface area contributed by atoms with E-state index in [1.54, 1.807) is 24.3 Å². The van der Waals surface area contributed by atoms with Gasteiger partial charge in [-0.2, -0.15) is 0 Å². The van der Waals surface area contributed by atoms with Crippen LogP contribution in [0, 0.1) is 5.82 Å². The molecule has 1 atom stereocenters. The fourth-order valence-electron chi connectivity index (χ4n) is 4.23. The topological polar surface area (TPSA) is 89.4 Å². The van der Waals surface area contributed by atoms with Gasteiger partial charge in [0.1, 0.15) is 29.7 Å². The van der Waals surface area contributed by atoms with Crippen molar-refractivity contribution in [3.63, 3.8) is 0 Å². The SMILES string of the molecule is CCC(C)(C)NC(=O)[C@@H](c1ccccc1F)N(Cc1ccccc1OC)C(=O)Cn1nnc2ccccc21. The predicted octanol–water partition coefficient (Wildman–Crippen LogP) is 4.65. The lowest BCUT2D eigenvalue weighted by Crippen LogP contribution is -2.50. The first-order chi connectivity index (χ1) is 18.2. The smallest absolute Gasteiger partial charge is 0.247 e. The summed E-state index contributed by atoms with van der Waals surface area (Å²) in [6, 6.07) is 19.3. The number of methoxy groups -OCH3 is 1. The predicted molar refractivity (Wildman–Crippen MR) is 143 cm³/mol. The molecule has 8 nitrogen and oxygen atoms in total. The van der Waals surface area contributed by atoms with E-state index in [-0.39, 0.29) is 18.7 Å². The van der Waals surface area contributed by atoms with Crippen molar-refractivity contribution in [2.75, 3.05) is 7.11 Å². The molecule has 0 saturated carbocycles. The fraction of sp³-hybridized carbons (Fsp3) is 0.310. The van der Waals surface area contributed by atoms with E-state index in [1.807, 2.05) is 57.2 Å². The molecule has 1 aromatic heterocycles. The number of carbonyl (C=O) groups is 2. The van der Waals surface area contributed by atoms with Crippen LogP contribution in [0.15, 0.2) is 72.8 Å². The zero-order valence-corrected chi connectivity index (χ0v) is 22.0. The van der Waals surface area contributed by atoms with E-state index >= 15 is 4.39 Å². The zero-order chi connectivity index (χ0) is 27.3. The highest BCUT2D eigenvalue weighted by Crippen LogP contribution is 2.30. The summed E-state index contributed by atoms with van der Waals surface area (Å²) >= 11 is 0. The Morgan fingerprint density at radius 2 is 1.74 bits per heavy atom. The Balaban J connectivity index is 1.81. The number of amides is 2. The summed E-state index contributed by atoms with van der Waals surface area (Å²) in [6.07, 6.45) is 0.647. The average Bonchev–Trinajstić information content (AvgIpc) is 3.32. The van der Waals surface area contributed by atoms with E-state index in [4.69, 9.17) is 4.74 Å². The van der Waals surface area contributed by atoms with Crippen LogP contribution < -0.4 is 10.1 Å². The summed E-state index contributed by atoms with van der Waals surface area (Å²) in [5.74, 6) is -0.929. The van der Waals surface area contributed by atoms with E-state index in [1.165, 1.54) is 28.8 Å². The van der Waals surface area contributed by atoms with Gasteiger partial charge < -0.3 is 15.0 Å². The van der Waals surface area contributed by atoms with Gasteiger partial charge in [-0.05, 0) is 44.5 Å². The molecule has 1 N–H and O–H groups in total. The standard InChI is InChI=1S/C29H32FN5O3/c1-5-29(2,3)31-28(37)27(21-13-7-8-14-22(21)30)34(18-20-12-6-11-17-25(20)38-4)26(36)19-35-24-16-10-9-15-23(24)32-33-35/h6-17,27H,5,18-19H2,1-4H3,(H,31,37)/t27-/m1/s1.